The number of nitro groups is 1. The average Bonchev–Trinajstić information content (AvgIpc) is 0.729. The number of alkyl halides is 12. The highest BCUT2D eigenvalue weighted by molar-refractivity contribution is 8.00. The molecular formula is C67H52F40N2O7S3. The third-order valence-corrected chi connectivity index (χ3v) is 17.9. The number of ether oxygens (including phenoxy) is 1. The molecule has 0 radical (unpaired) electrons. The first-order chi connectivity index (χ1) is 53.4. The number of nitrogens with zero attached hydrogens (tertiary/aromatic N) is 2. The molecule has 0 saturated carbocycles. The molecule has 119 heavy (non-hydrogen) atoms. The first kappa shape index (κ1) is 108. The monoisotopic (exact) mass is 1850 g/mol. The van der Waals surface area contributed by atoms with E-state index in [9.17, 15) is 203 Å². The Morgan fingerprint density at radius 3 is 0.748 bits per heavy atom. The molecule has 0 unspecified atom stereocenters. The van der Waals surface area contributed by atoms with Crippen LogP contribution in [0.25, 0.3) is 0 Å². The molecule has 1 aromatic heterocycles. The van der Waals surface area contributed by atoms with Crippen molar-refractivity contribution in [2.45, 2.75) is 177 Å². The van der Waals surface area contributed by atoms with Crippen LogP contribution in [0.4, 0.5) is 181 Å². The van der Waals surface area contributed by atoms with E-state index in [1.54, 1.807) is 0 Å². The van der Waals surface area contributed by atoms with Crippen molar-refractivity contribution in [3.8, 4) is 5.75 Å². The van der Waals surface area contributed by atoms with Crippen LogP contribution in [0.3, 0.4) is 0 Å². The van der Waals surface area contributed by atoms with Crippen molar-refractivity contribution in [2.24, 2.45) is 0 Å². The second-order valence-corrected chi connectivity index (χ2v) is 30.4. The number of sulfone groups is 2. The largest absolute Gasteiger partial charge is 0.573 e. The van der Waals surface area contributed by atoms with Gasteiger partial charge < -0.3 is 4.74 Å². The van der Waals surface area contributed by atoms with E-state index >= 15 is 0 Å². The number of thioether (sulfide) groups is 1. The van der Waals surface area contributed by atoms with Crippen molar-refractivity contribution in [3.05, 3.63) is 218 Å². The minimum Gasteiger partial charge on any atom is -0.399 e. The molecule has 0 N–H and O–H groups in total. The van der Waals surface area contributed by atoms with E-state index in [1.807, 2.05) is 0 Å². The topological polar surface area (TPSA) is 134 Å². The molecule has 670 valence electrons. The number of nitro benzene ring substituents is 1. The molecule has 7 rings (SSSR count). The summed E-state index contributed by atoms with van der Waals surface area (Å²) < 4.78 is 561. The molecule has 0 aliphatic rings. The lowest BCUT2D eigenvalue weighted by Crippen LogP contribution is -2.27. The minimum absolute atomic E-state index is 0.475. The van der Waals surface area contributed by atoms with Crippen LogP contribution in [-0.2, 0) is 25.9 Å². The van der Waals surface area contributed by atoms with Gasteiger partial charge in [-0.05, 0) is 53.2 Å². The van der Waals surface area contributed by atoms with Crippen LogP contribution in [0.15, 0.2) is 14.7 Å². The lowest BCUT2D eigenvalue weighted by Gasteiger charge is -2.15. The van der Waals surface area contributed by atoms with Crippen molar-refractivity contribution in [2.75, 3.05) is 6.26 Å². The van der Waals surface area contributed by atoms with Gasteiger partial charge in [-0.1, -0.05) is 96.9 Å². The molecule has 1 heterocycles. The van der Waals surface area contributed by atoms with Crippen molar-refractivity contribution in [3.63, 3.8) is 0 Å². The van der Waals surface area contributed by atoms with Crippen molar-refractivity contribution >= 4 is 37.1 Å². The molecule has 0 aliphatic heterocycles. The van der Waals surface area contributed by atoms with E-state index in [1.165, 1.54) is 83.1 Å². The van der Waals surface area contributed by atoms with Crippen molar-refractivity contribution < 1.29 is 202 Å². The van der Waals surface area contributed by atoms with Gasteiger partial charge in [-0.2, -0.15) is 70.8 Å². The van der Waals surface area contributed by atoms with Crippen LogP contribution in [0, 0.1) is 173 Å². The summed E-state index contributed by atoms with van der Waals surface area (Å²) in [5.41, 5.74) is -21.8. The molecule has 0 atom stereocenters. The third kappa shape index (κ3) is 24.9. The van der Waals surface area contributed by atoms with E-state index < -0.39 is 335 Å². The van der Waals surface area contributed by atoms with Crippen LogP contribution >= 0.6 is 11.8 Å². The Labute approximate surface area is 648 Å². The molecule has 0 amide bonds. The molecule has 6 aromatic carbocycles. The molecule has 0 spiro atoms. The maximum absolute atomic E-state index is 13.5. The van der Waals surface area contributed by atoms with E-state index in [4.69, 9.17) is 0 Å². The fourth-order valence-electron chi connectivity index (χ4n) is 9.35. The number of hydrogen-bond donors (Lipinski definition) is 0. The number of rotatable bonds is 12. The third-order valence-electron chi connectivity index (χ3n) is 14.5. The summed E-state index contributed by atoms with van der Waals surface area (Å²) in [6.07, 6.45) is -10.5. The smallest absolute Gasteiger partial charge is 0.399 e. The van der Waals surface area contributed by atoms with Gasteiger partial charge in [0, 0.05) is 45.2 Å². The quantitative estimate of drug-likeness (QED) is 0.0293. The first-order valence-corrected chi connectivity index (χ1v) is 35.6. The molecule has 0 saturated heterocycles. The van der Waals surface area contributed by atoms with Gasteiger partial charge in [0.25, 0.3) is 21.7 Å². The maximum Gasteiger partial charge on any atom is 0.573 e. The Morgan fingerprint density at radius 2 is 0.538 bits per heavy atom. The van der Waals surface area contributed by atoms with Crippen LogP contribution in [0.2, 0.25) is 0 Å². The molecule has 0 bridgehead atoms. The standard InChI is InChI=1S/C10H7F7O2S.C10H7F7O.C10H7F7S.C10H7F7.C10H10F4O2S.C9H7F4NO2.C8H7F4N/c1-3(2)4-5(11)7(13)9(8(14)6(4)12)20(18,19)10(15,16)17;2*1-3(2)4-5(11)7(13)9(8(14)6(4)12)18-10(15,16)17;1-3(2)4-6(11)8(13)5(10(15,16)17)9(14)7(4)12;1-4(2)5-6(11)8(13)10(17(3,15)16)9(14)7(5)12;1-3(2)4-5(10)7(12)9(14(15)16)8(13)6(4)11;1-3(2)4-5(9)7(11)13-8(12)6(4)10/h3H,1-2H3;2*3H,1-2H3;3H,1-2H3;4H,1-3H3;3H,1-2H3;3H,1-2H3. The zero-order valence-electron chi connectivity index (χ0n) is 61.6. The van der Waals surface area contributed by atoms with Gasteiger partial charge in [-0.25, -0.2) is 113 Å². The molecule has 9 nitrogen and oxygen atoms in total. The molecule has 0 fully saturated rings. The Balaban J connectivity index is 0.000000696. The Kier molecular flexibility index (Phi) is 36.9. The Morgan fingerprint density at radius 1 is 0.319 bits per heavy atom. The summed E-state index contributed by atoms with van der Waals surface area (Å²) in [7, 11) is -10.9. The van der Waals surface area contributed by atoms with Crippen LogP contribution in [0.5, 0.6) is 5.75 Å². The lowest BCUT2D eigenvalue weighted by atomic mass is 9.98. The zero-order chi connectivity index (χ0) is 94.4. The van der Waals surface area contributed by atoms with Gasteiger partial charge in [0.05, 0.1) is 9.82 Å². The highest BCUT2D eigenvalue weighted by Gasteiger charge is 2.52. The SMILES string of the molecule is CC(C)c1c(F)c(F)c(C(F)(F)F)c(F)c1F.CC(C)c1c(F)c(F)c(OC(F)(F)F)c(F)c1F.CC(C)c1c(F)c(F)c(S(=O)(=O)C(F)(F)F)c(F)c1F.CC(C)c1c(F)c(F)c(S(C)(=O)=O)c(F)c1F.CC(C)c1c(F)c(F)c(SC(F)(F)F)c(F)c1F.CC(C)c1c(F)c(F)c([N+](=O)[O-])c(F)c1F.CC(C)c1c(F)c(F)nc(F)c1F. The second-order valence-electron chi connectivity index (χ2n) is 25.4. The van der Waals surface area contributed by atoms with Gasteiger partial charge in [0.15, 0.2) is 143 Å². The summed E-state index contributed by atoms with van der Waals surface area (Å²) in [5.74, 6) is -63.2. The molecule has 52 heteroatoms. The van der Waals surface area contributed by atoms with Crippen molar-refractivity contribution in [1.82, 2.24) is 4.98 Å². The fraction of sp³-hybridized carbons (Fsp3) is 0.388. The van der Waals surface area contributed by atoms with Gasteiger partial charge in [-0.3, -0.25) is 10.1 Å². The summed E-state index contributed by atoms with van der Waals surface area (Å²) in [4.78, 5) is 5.18. The van der Waals surface area contributed by atoms with Crippen LogP contribution < -0.4 is 4.74 Å². The zero-order valence-corrected chi connectivity index (χ0v) is 64.1. The van der Waals surface area contributed by atoms with E-state index in [0.29, 0.717) is 6.26 Å². The summed E-state index contributed by atoms with van der Waals surface area (Å²) >= 11 is -1.23. The highest BCUT2D eigenvalue weighted by Crippen LogP contribution is 2.45. The average molecular weight is 1850 g/mol. The van der Waals surface area contributed by atoms with Crippen molar-refractivity contribution in [1.29, 1.82) is 0 Å². The van der Waals surface area contributed by atoms with Gasteiger partial charge in [-0.15, -0.1) is 13.2 Å². The normalized spacial score (nSPS) is 12.1. The lowest BCUT2D eigenvalue weighted by molar-refractivity contribution is -0.390. The number of hydrogen-bond acceptors (Lipinski definition) is 9. The number of aromatic nitrogens is 1. The van der Waals surface area contributed by atoms with E-state index in [2.05, 4.69) is 9.72 Å². The summed E-state index contributed by atoms with van der Waals surface area (Å²) in [6, 6.07) is 0. The second kappa shape index (κ2) is 40.7. The molecule has 0 aliphatic carbocycles. The Hall–Kier alpha value is -8.88. The molecule has 7 aromatic rings. The van der Waals surface area contributed by atoms with Crippen LogP contribution in [-0.4, -0.2) is 50.4 Å². The summed E-state index contributed by atoms with van der Waals surface area (Å²) in [5, 5.41) is 10.2. The van der Waals surface area contributed by atoms with Gasteiger partial charge in [0.1, 0.15) is 10.5 Å². The molecular weight excluding hydrogens is 1800 g/mol. The first-order valence-electron chi connectivity index (χ1n) is 31.5. The van der Waals surface area contributed by atoms with Gasteiger partial charge in [0.2, 0.25) is 29.0 Å². The van der Waals surface area contributed by atoms with Gasteiger partial charge >= 0.3 is 29.2 Å². The predicted octanol–water partition coefficient (Wildman–Crippen LogP) is 26.1. The van der Waals surface area contributed by atoms with E-state index in [-0.39, 0.29) is 0 Å². The Bertz CT molecular complexity index is 4870. The minimum atomic E-state index is -6.56. The highest BCUT2D eigenvalue weighted by atomic mass is 32.2. The maximum atomic E-state index is 13.5. The fourth-order valence-corrected chi connectivity index (χ4v) is 11.7. The number of benzene rings is 6. The number of halogens is 40. The number of pyridine rings is 1. The predicted molar refractivity (Wildman–Crippen MR) is 337 cm³/mol. The van der Waals surface area contributed by atoms with Crippen LogP contribution in [0.1, 0.15) is 183 Å². The summed E-state index contributed by atoms with van der Waals surface area (Å²) in [6.45, 7) is 17.8. The van der Waals surface area contributed by atoms with E-state index in [0.717, 1.165) is 13.8 Å².